The fraction of sp³-hybridized carbons (Fsp3) is 0.214. The third kappa shape index (κ3) is 5.47. The molecule has 1 fully saturated rings. The van der Waals surface area contributed by atoms with Crippen molar-refractivity contribution < 1.29 is 13.2 Å². The number of piperazine rings is 1. The highest BCUT2D eigenvalue weighted by molar-refractivity contribution is 7.90. The van der Waals surface area contributed by atoms with Gasteiger partial charge in [-0.05, 0) is 48.0 Å². The van der Waals surface area contributed by atoms with Crippen molar-refractivity contribution in [3.8, 4) is 26.7 Å². The van der Waals surface area contributed by atoms with Gasteiger partial charge in [-0.2, -0.15) is 5.10 Å². The molecule has 0 unspecified atom stereocenters. The summed E-state index contributed by atoms with van der Waals surface area (Å²) in [5.74, 6) is -0.118. The van der Waals surface area contributed by atoms with Crippen LogP contribution in [0.4, 0.5) is 0 Å². The van der Waals surface area contributed by atoms with E-state index in [1.807, 2.05) is 53.4 Å². The highest BCUT2D eigenvalue weighted by Gasteiger charge is 2.26. The molecule has 10 heteroatoms. The van der Waals surface area contributed by atoms with Gasteiger partial charge in [-0.25, -0.2) is 13.1 Å². The second kappa shape index (κ2) is 10.9. The van der Waals surface area contributed by atoms with Crippen LogP contribution in [0.25, 0.3) is 26.7 Å². The van der Waals surface area contributed by atoms with Crippen molar-refractivity contribution in [3.05, 3.63) is 90.1 Å². The van der Waals surface area contributed by atoms with Crippen LogP contribution in [0.1, 0.15) is 10.5 Å². The van der Waals surface area contributed by atoms with Crippen molar-refractivity contribution in [1.82, 2.24) is 19.6 Å². The molecule has 5 rings (SSSR count). The number of carbonyl (C=O) groups is 1. The van der Waals surface area contributed by atoms with Crippen LogP contribution >= 0.6 is 22.9 Å². The van der Waals surface area contributed by atoms with Crippen LogP contribution in [0.2, 0.25) is 5.02 Å². The van der Waals surface area contributed by atoms with Crippen molar-refractivity contribution in [3.63, 3.8) is 0 Å². The number of rotatable bonds is 7. The van der Waals surface area contributed by atoms with Gasteiger partial charge in [-0.3, -0.25) is 9.69 Å². The lowest BCUT2D eigenvalue weighted by Gasteiger charge is -2.33. The Balaban J connectivity index is 1.52. The normalized spacial score (nSPS) is 14.5. The van der Waals surface area contributed by atoms with Crippen molar-refractivity contribution in [2.45, 2.75) is 4.90 Å². The number of hydrogen-bond acceptors (Lipinski definition) is 6. The van der Waals surface area contributed by atoms with Crippen LogP contribution in [-0.2, 0) is 9.84 Å². The molecule has 1 amide bonds. The fourth-order valence-corrected chi connectivity index (χ4v) is 6.34. The maximum Gasteiger partial charge on any atom is 0.274 e. The Kier molecular flexibility index (Phi) is 7.54. The van der Waals surface area contributed by atoms with Gasteiger partial charge in [0.1, 0.15) is 0 Å². The Morgan fingerprint density at radius 1 is 1.03 bits per heavy atom. The van der Waals surface area contributed by atoms with E-state index in [9.17, 15) is 13.2 Å². The molecule has 2 aromatic heterocycles. The summed E-state index contributed by atoms with van der Waals surface area (Å²) < 4.78 is 25.8. The molecule has 0 saturated carbocycles. The predicted octanol–water partition coefficient (Wildman–Crippen LogP) is 5.27. The van der Waals surface area contributed by atoms with Gasteiger partial charge in [0.15, 0.2) is 15.5 Å². The average molecular weight is 567 g/mol. The Morgan fingerprint density at radius 2 is 1.76 bits per heavy atom. The van der Waals surface area contributed by atoms with Crippen LogP contribution in [0.5, 0.6) is 0 Å². The first-order chi connectivity index (χ1) is 18.2. The van der Waals surface area contributed by atoms with Crippen LogP contribution in [0.15, 0.2) is 84.3 Å². The van der Waals surface area contributed by atoms with Gasteiger partial charge in [-0.15, -0.1) is 17.9 Å². The Morgan fingerprint density at radius 3 is 2.47 bits per heavy atom. The summed E-state index contributed by atoms with van der Waals surface area (Å²) in [6.45, 7) is 7.43. The minimum absolute atomic E-state index is 0.118. The lowest BCUT2D eigenvalue weighted by molar-refractivity contribution is 0.0644. The predicted molar refractivity (Wildman–Crippen MR) is 153 cm³/mol. The monoisotopic (exact) mass is 566 g/mol. The van der Waals surface area contributed by atoms with Gasteiger partial charge in [-0.1, -0.05) is 41.9 Å². The first kappa shape index (κ1) is 26.4. The second-order valence-corrected chi connectivity index (χ2v) is 12.6. The molecule has 38 heavy (non-hydrogen) atoms. The Bertz CT molecular complexity index is 1600. The third-order valence-corrected chi connectivity index (χ3v) is 9.05. The summed E-state index contributed by atoms with van der Waals surface area (Å²) in [5.41, 5.74) is 2.57. The smallest absolute Gasteiger partial charge is 0.274 e. The van der Waals surface area contributed by atoms with Crippen LogP contribution < -0.4 is 0 Å². The summed E-state index contributed by atoms with van der Waals surface area (Å²) in [6, 6.07) is 20.0. The number of carbonyl (C=O) groups excluding carboxylic acids is 1. The molecule has 0 N–H and O–H groups in total. The number of halogens is 1. The summed E-state index contributed by atoms with van der Waals surface area (Å²) in [6.07, 6.45) is 3.08. The van der Waals surface area contributed by atoms with Gasteiger partial charge in [0.05, 0.1) is 26.2 Å². The first-order valence-corrected chi connectivity index (χ1v) is 15.2. The van der Waals surface area contributed by atoms with Gasteiger partial charge < -0.3 is 4.90 Å². The molecule has 1 aliphatic heterocycles. The number of amides is 1. The maximum absolute atomic E-state index is 13.5. The summed E-state index contributed by atoms with van der Waals surface area (Å²) in [4.78, 5) is 19.6. The van der Waals surface area contributed by atoms with E-state index in [1.54, 1.807) is 28.9 Å². The maximum atomic E-state index is 13.5. The lowest BCUT2D eigenvalue weighted by Crippen LogP contribution is -2.48. The number of sulfone groups is 1. The molecule has 0 atom stereocenters. The molecule has 4 aromatic rings. The van der Waals surface area contributed by atoms with E-state index >= 15 is 0 Å². The number of aromatic nitrogens is 2. The quantitative estimate of drug-likeness (QED) is 0.285. The van der Waals surface area contributed by atoms with E-state index in [1.165, 1.54) is 17.6 Å². The summed E-state index contributed by atoms with van der Waals surface area (Å²) in [7, 11) is -3.32. The molecule has 0 spiro atoms. The zero-order valence-electron chi connectivity index (χ0n) is 20.9. The minimum atomic E-state index is -3.32. The highest BCUT2D eigenvalue weighted by Crippen LogP contribution is 2.37. The zero-order chi connectivity index (χ0) is 26.9. The molecule has 1 aliphatic rings. The van der Waals surface area contributed by atoms with Gasteiger partial charge in [0, 0.05) is 43.9 Å². The number of thiophene rings is 1. The Labute approximate surface area is 231 Å². The van der Waals surface area contributed by atoms with Crippen molar-refractivity contribution in [2.24, 2.45) is 0 Å². The molecule has 7 nitrogen and oxygen atoms in total. The number of hydrogen-bond donors (Lipinski definition) is 0. The highest BCUT2D eigenvalue weighted by atomic mass is 35.5. The molecule has 3 heterocycles. The van der Waals surface area contributed by atoms with E-state index in [2.05, 4.69) is 11.5 Å². The zero-order valence-corrected chi connectivity index (χ0v) is 23.3. The fourth-order valence-electron chi connectivity index (χ4n) is 4.46. The average Bonchev–Trinajstić information content (AvgIpc) is 3.57. The van der Waals surface area contributed by atoms with Crippen LogP contribution in [-0.4, -0.2) is 72.9 Å². The number of benzene rings is 2. The van der Waals surface area contributed by atoms with E-state index in [4.69, 9.17) is 16.7 Å². The number of para-hydroxylation sites is 1. The molecule has 0 aliphatic carbocycles. The first-order valence-electron chi connectivity index (χ1n) is 12.1. The van der Waals surface area contributed by atoms with Gasteiger partial charge in [0.2, 0.25) is 0 Å². The largest absolute Gasteiger partial charge is 0.335 e. The van der Waals surface area contributed by atoms with Crippen molar-refractivity contribution in [2.75, 3.05) is 39.0 Å². The Hall–Kier alpha value is -3.24. The molecule has 196 valence electrons. The van der Waals surface area contributed by atoms with E-state index in [0.717, 1.165) is 40.6 Å². The molecular formula is C28H27ClN4O3S2. The van der Waals surface area contributed by atoms with E-state index in [0.29, 0.717) is 29.5 Å². The lowest BCUT2D eigenvalue weighted by atomic mass is 10.2. The minimum Gasteiger partial charge on any atom is -0.335 e. The number of nitrogens with zero attached hydrogens (tertiary/aromatic N) is 4. The summed E-state index contributed by atoms with van der Waals surface area (Å²) in [5, 5.41) is 5.24. The molecular weight excluding hydrogens is 540 g/mol. The second-order valence-electron chi connectivity index (χ2n) is 9.12. The molecule has 1 saturated heterocycles. The van der Waals surface area contributed by atoms with Gasteiger partial charge >= 0.3 is 0 Å². The van der Waals surface area contributed by atoms with Gasteiger partial charge in [0.25, 0.3) is 5.91 Å². The van der Waals surface area contributed by atoms with E-state index < -0.39 is 9.84 Å². The summed E-state index contributed by atoms with van der Waals surface area (Å²) >= 11 is 8.04. The van der Waals surface area contributed by atoms with Crippen LogP contribution in [0.3, 0.4) is 0 Å². The topological polar surface area (TPSA) is 75.5 Å². The van der Waals surface area contributed by atoms with E-state index in [-0.39, 0.29) is 10.8 Å². The van der Waals surface area contributed by atoms with Crippen molar-refractivity contribution in [1.29, 1.82) is 0 Å². The SMILES string of the molecule is C=CCN1CCN(C(=O)c2cc(-c3ccc(-c4cccc(S(C)(=O)=O)c4)s3)n(-c3ccccc3Cl)n2)CC1. The molecule has 0 bridgehead atoms. The van der Waals surface area contributed by atoms with Crippen LogP contribution in [0, 0.1) is 0 Å². The van der Waals surface area contributed by atoms with Crippen molar-refractivity contribution >= 4 is 38.7 Å². The standard InChI is InChI=1S/C28H27ClN4O3S2/c1-3-13-31-14-16-32(17-15-31)28(34)23-19-25(33(30-23)24-10-5-4-9-22(24)29)27-12-11-26(37-27)20-7-6-8-21(18-20)38(2,35)36/h3-12,18-19H,1,13-17H2,2H3. The third-order valence-electron chi connectivity index (χ3n) is 6.46. The molecule has 2 aromatic carbocycles. The molecule has 0 radical (unpaired) electrons.